The smallest absolute Gasteiger partial charge is 0.255 e. The van der Waals surface area contributed by atoms with E-state index in [1.54, 1.807) is 25.3 Å². The number of carbonyl (C=O) groups is 1. The minimum atomic E-state index is -0.178. The van der Waals surface area contributed by atoms with Crippen LogP contribution in [0.1, 0.15) is 29.6 Å². The predicted octanol–water partition coefficient (Wildman–Crippen LogP) is 4.39. The summed E-state index contributed by atoms with van der Waals surface area (Å²) in [6.45, 7) is 2.10. The summed E-state index contributed by atoms with van der Waals surface area (Å²) >= 11 is 0. The molecule has 0 atom stereocenters. The number of benzene rings is 2. The van der Waals surface area contributed by atoms with Crippen molar-refractivity contribution in [1.29, 1.82) is 0 Å². The summed E-state index contributed by atoms with van der Waals surface area (Å²) in [6, 6.07) is 18.7. The number of methoxy groups -OCH3 is 1. The van der Waals surface area contributed by atoms with Gasteiger partial charge in [-0.2, -0.15) is 0 Å². The van der Waals surface area contributed by atoms with E-state index in [9.17, 15) is 4.79 Å². The molecule has 2 heterocycles. The molecule has 1 saturated heterocycles. The van der Waals surface area contributed by atoms with Gasteiger partial charge in [0.1, 0.15) is 5.75 Å². The van der Waals surface area contributed by atoms with E-state index in [0.717, 1.165) is 35.9 Å². The number of nitrogens with zero attached hydrogens (tertiary/aromatic N) is 3. The van der Waals surface area contributed by atoms with Gasteiger partial charge in [-0.15, -0.1) is 10.2 Å². The van der Waals surface area contributed by atoms with Crippen molar-refractivity contribution >= 4 is 17.4 Å². The Bertz CT molecular complexity index is 965. The highest BCUT2D eigenvalue weighted by Gasteiger charge is 2.13. The van der Waals surface area contributed by atoms with Gasteiger partial charge in [0.15, 0.2) is 5.82 Å². The van der Waals surface area contributed by atoms with Crippen LogP contribution < -0.4 is 15.0 Å². The molecule has 1 amide bonds. The fourth-order valence-electron chi connectivity index (χ4n) is 3.46. The zero-order chi connectivity index (χ0) is 20.1. The normalized spacial score (nSPS) is 13.8. The second-order valence-corrected chi connectivity index (χ2v) is 7.09. The van der Waals surface area contributed by atoms with Crippen LogP contribution in [0, 0.1) is 0 Å². The molecule has 0 spiro atoms. The number of rotatable bonds is 5. The van der Waals surface area contributed by atoms with E-state index >= 15 is 0 Å². The van der Waals surface area contributed by atoms with Gasteiger partial charge in [-0.1, -0.05) is 18.2 Å². The summed E-state index contributed by atoms with van der Waals surface area (Å²) in [5.41, 5.74) is 3.05. The lowest BCUT2D eigenvalue weighted by Crippen LogP contribution is -2.30. The summed E-state index contributed by atoms with van der Waals surface area (Å²) in [7, 11) is 1.58. The number of piperidine rings is 1. The van der Waals surface area contributed by atoms with Crippen molar-refractivity contribution in [3.05, 3.63) is 66.2 Å². The molecule has 1 aromatic heterocycles. The van der Waals surface area contributed by atoms with Gasteiger partial charge in [0, 0.05) is 29.9 Å². The number of hydrogen-bond acceptors (Lipinski definition) is 5. The Hall–Kier alpha value is -3.41. The van der Waals surface area contributed by atoms with E-state index in [1.165, 1.54) is 19.3 Å². The summed E-state index contributed by atoms with van der Waals surface area (Å²) in [4.78, 5) is 14.7. The van der Waals surface area contributed by atoms with Crippen molar-refractivity contribution in [2.24, 2.45) is 0 Å². The number of amides is 1. The van der Waals surface area contributed by atoms with Crippen LogP contribution >= 0.6 is 0 Å². The highest BCUT2D eigenvalue weighted by molar-refractivity contribution is 6.04. The summed E-state index contributed by atoms with van der Waals surface area (Å²) in [5.74, 6) is 1.41. The average molecular weight is 388 g/mol. The average Bonchev–Trinajstić information content (AvgIpc) is 2.80. The molecule has 0 saturated carbocycles. The quantitative estimate of drug-likeness (QED) is 0.702. The standard InChI is InChI=1S/C23H24N4O2/c1-29-20-7-5-6-18(16-20)23(28)24-19-10-8-17(9-11-19)21-12-13-22(26-25-21)27-14-3-2-4-15-27/h5-13,16H,2-4,14-15H2,1H3,(H,24,28). The molecule has 0 radical (unpaired) electrons. The number of anilines is 2. The van der Waals surface area contributed by atoms with Crippen LogP contribution in [-0.2, 0) is 0 Å². The lowest BCUT2D eigenvalue weighted by Gasteiger charge is -2.27. The molecule has 148 valence electrons. The van der Waals surface area contributed by atoms with Crippen molar-refractivity contribution in [3.8, 4) is 17.0 Å². The number of aromatic nitrogens is 2. The molecule has 4 rings (SSSR count). The fraction of sp³-hybridized carbons (Fsp3) is 0.261. The highest BCUT2D eigenvalue weighted by atomic mass is 16.5. The van der Waals surface area contributed by atoms with Crippen molar-refractivity contribution in [1.82, 2.24) is 10.2 Å². The second-order valence-electron chi connectivity index (χ2n) is 7.09. The van der Waals surface area contributed by atoms with Crippen LogP contribution in [0.5, 0.6) is 5.75 Å². The zero-order valence-corrected chi connectivity index (χ0v) is 16.5. The van der Waals surface area contributed by atoms with Crippen LogP contribution in [0.3, 0.4) is 0 Å². The Morgan fingerprint density at radius 1 is 0.966 bits per heavy atom. The molecule has 6 heteroatoms. The maximum Gasteiger partial charge on any atom is 0.255 e. The first-order chi connectivity index (χ1) is 14.2. The van der Waals surface area contributed by atoms with Crippen molar-refractivity contribution < 1.29 is 9.53 Å². The number of carbonyl (C=O) groups excluding carboxylic acids is 1. The van der Waals surface area contributed by atoms with Gasteiger partial charge in [0.05, 0.1) is 12.8 Å². The van der Waals surface area contributed by atoms with E-state index in [0.29, 0.717) is 11.3 Å². The molecule has 0 unspecified atom stereocenters. The SMILES string of the molecule is COc1cccc(C(=O)Nc2ccc(-c3ccc(N4CCCCC4)nn3)cc2)c1. The number of hydrogen-bond donors (Lipinski definition) is 1. The van der Waals surface area contributed by atoms with E-state index in [2.05, 4.69) is 20.4 Å². The van der Waals surface area contributed by atoms with Crippen molar-refractivity contribution in [3.63, 3.8) is 0 Å². The molecule has 1 fully saturated rings. The molecule has 1 aliphatic rings. The zero-order valence-electron chi connectivity index (χ0n) is 16.5. The fourth-order valence-corrected chi connectivity index (χ4v) is 3.46. The number of ether oxygens (including phenoxy) is 1. The molecule has 29 heavy (non-hydrogen) atoms. The summed E-state index contributed by atoms with van der Waals surface area (Å²) < 4.78 is 5.17. The second kappa shape index (κ2) is 8.73. The van der Waals surface area contributed by atoms with Crippen LogP contribution in [0.15, 0.2) is 60.7 Å². The molecular weight excluding hydrogens is 364 g/mol. The summed E-state index contributed by atoms with van der Waals surface area (Å²) in [6.07, 6.45) is 3.72. The van der Waals surface area contributed by atoms with E-state index in [1.807, 2.05) is 42.5 Å². The molecule has 0 aliphatic carbocycles. The van der Waals surface area contributed by atoms with Gasteiger partial charge in [0.2, 0.25) is 0 Å². The predicted molar refractivity (Wildman–Crippen MR) is 114 cm³/mol. The van der Waals surface area contributed by atoms with Gasteiger partial charge in [-0.25, -0.2) is 0 Å². The van der Waals surface area contributed by atoms with Gasteiger partial charge in [-0.3, -0.25) is 4.79 Å². The van der Waals surface area contributed by atoms with Gasteiger partial charge < -0.3 is 15.0 Å². The maximum atomic E-state index is 12.4. The lowest BCUT2D eigenvalue weighted by molar-refractivity contribution is 0.102. The van der Waals surface area contributed by atoms with Gasteiger partial charge >= 0.3 is 0 Å². The molecule has 3 aromatic rings. The Morgan fingerprint density at radius 2 is 1.76 bits per heavy atom. The van der Waals surface area contributed by atoms with Crippen LogP contribution in [0.2, 0.25) is 0 Å². The van der Waals surface area contributed by atoms with Crippen molar-refractivity contribution in [2.75, 3.05) is 30.4 Å². The van der Waals surface area contributed by atoms with Crippen LogP contribution in [0.4, 0.5) is 11.5 Å². The molecule has 1 N–H and O–H groups in total. The van der Waals surface area contributed by atoms with Gasteiger partial charge in [-0.05, 0) is 61.7 Å². The first-order valence-electron chi connectivity index (χ1n) is 9.87. The van der Waals surface area contributed by atoms with E-state index in [-0.39, 0.29) is 5.91 Å². The molecular formula is C23H24N4O2. The molecule has 1 aliphatic heterocycles. The molecule has 6 nitrogen and oxygen atoms in total. The van der Waals surface area contributed by atoms with Crippen molar-refractivity contribution in [2.45, 2.75) is 19.3 Å². The third kappa shape index (κ3) is 4.54. The lowest BCUT2D eigenvalue weighted by atomic mass is 10.1. The van der Waals surface area contributed by atoms with Gasteiger partial charge in [0.25, 0.3) is 5.91 Å². The first kappa shape index (κ1) is 18.9. The third-order valence-electron chi connectivity index (χ3n) is 5.10. The Kier molecular flexibility index (Phi) is 5.70. The molecule has 2 aromatic carbocycles. The third-order valence-corrected chi connectivity index (χ3v) is 5.10. The monoisotopic (exact) mass is 388 g/mol. The van der Waals surface area contributed by atoms with Crippen LogP contribution in [0.25, 0.3) is 11.3 Å². The molecule has 0 bridgehead atoms. The minimum Gasteiger partial charge on any atom is -0.497 e. The van der Waals surface area contributed by atoms with E-state index < -0.39 is 0 Å². The Morgan fingerprint density at radius 3 is 2.45 bits per heavy atom. The highest BCUT2D eigenvalue weighted by Crippen LogP contribution is 2.23. The summed E-state index contributed by atoms with van der Waals surface area (Å²) in [5, 5.41) is 11.7. The first-order valence-corrected chi connectivity index (χ1v) is 9.87. The number of nitrogens with one attached hydrogen (secondary N) is 1. The Balaban J connectivity index is 1.42. The maximum absolute atomic E-state index is 12.4. The van der Waals surface area contributed by atoms with E-state index in [4.69, 9.17) is 4.74 Å². The topological polar surface area (TPSA) is 67.3 Å². The largest absolute Gasteiger partial charge is 0.497 e. The Labute approximate surface area is 170 Å². The van der Waals surface area contributed by atoms with Crippen LogP contribution in [-0.4, -0.2) is 36.3 Å². The minimum absolute atomic E-state index is 0.178.